The van der Waals surface area contributed by atoms with Crippen LogP contribution in [-0.2, 0) is 25.9 Å². The molecule has 180 valence electrons. The number of aryl methyl sites for hydroxylation is 1. The van der Waals surface area contributed by atoms with Crippen LogP contribution in [0.15, 0.2) is 76.5 Å². The van der Waals surface area contributed by atoms with Gasteiger partial charge in [-0.15, -0.1) is 0 Å². The lowest BCUT2D eigenvalue weighted by molar-refractivity contribution is -0.211. The number of aliphatic hydroxyl groups excluding tert-OH is 1. The number of carbonyl (C=O) groups excluding carboxylic acids is 1. The molecule has 0 aliphatic heterocycles. The molecule has 0 saturated heterocycles. The topological polar surface area (TPSA) is 102 Å². The number of carbonyl (C=O) groups is 1. The summed E-state index contributed by atoms with van der Waals surface area (Å²) in [5.41, 5.74) is 2.23. The van der Waals surface area contributed by atoms with Gasteiger partial charge >= 0.3 is 5.97 Å². The Hall–Kier alpha value is -2.91. The van der Waals surface area contributed by atoms with Crippen LogP contribution >= 0.6 is 11.6 Å². The molecule has 3 aromatic carbocycles. The Morgan fingerprint density at radius 3 is 2.41 bits per heavy atom. The second-order valence-electron chi connectivity index (χ2n) is 7.76. The Morgan fingerprint density at radius 1 is 1.06 bits per heavy atom. The zero-order chi connectivity index (χ0) is 24.7. The van der Waals surface area contributed by atoms with Crippen LogP contribution in [-0.4, -0.2) is 32.6 Å². The van der Waals surface area contributed by atoms with Crippen molar-refractivity contribution in [3.63, 3.8) is 0 Å². The fraction of sp³-hybridized carbons (Fsp3) is 0.240. The molecule has 0 heterocycles. The number of benzene rings is 3. The van der Waals surface area contributed by atoms with Crippen molar-refractivity contribution < 1.29 is 28.1 Å². The molecule has 1 atom stereocenters. The van der Waals surface area contributed by atoms with E-state index in [1.165, 1.54) is 25.1 Å². The van der Waals surface area contributed by atoms with Gasteiger partial charge in [-0.1, -0.05) is 35.9 Å². The van der Waals surface area contributed by atoms with E-state index < -0.39 is 21.9 Å². The molecule has 0 amide bonds. The maximum absolute atomic E-state index is 13.0. The first kappa shape index (κ1) is 25.7. The van der Waals surface area contributed by atoms with E-state index in [1.54, 1.807) is 49.4 Å². The molecule has 9 heteroatoms. The molecule has 3 rings (SSSR count). The van der Waals surface area contributed by atoms with Crippen molar-refractivity contribution >= 4 is 27.4 Å². The Balaban J connectivity index is 1.57. The van der Waals surface area contributed by atoms with Gasteiger partial charge in [-0.05, 0) is 79.0 Å². The Kier molecular flexibility index (Phi) is 8.68. The molecule has 0 bridgehead atoms. The first-order valence-electron chi connectivity index (χ1n) is 10.6. The maximum atomic E-state index is 13.0. The number of rotatable bonds is 10. The quantitative estimate of drug-likeness (QED) is 0.243. The van der Waals surface area contributed by atoms with Crippen LogP contribution in [0.2, 0.25) is 5.02 Å². The molecule has 0 fully saturated rings. The van der Waals surface area contributed by atoms with Gasteiger partial charge in [0.2, 0.25) is 9.84 Å². The molecule has 0 aromatic heterocycles. The van der Waals surface area contributed by atoms with Gasteiger partial charge in [-0.2, -0.15) is 0 Å². The van der Waals surface area contributed by atoms with Gasteiger partial charge in [-0.25, -0.2) is 13.2 Å². The highest BCUT2D eigenvalue weighted by Crippen LogP contribution is 2.27. The van der Waals surface area contributed by atoms with Crippen molar-refractivity contribution in [2.24, 2.45) is 0 Å². The van der Waals surface area contributed by atoms with Gasteiger partial charge in [0, 0.05) is 18.5 Å². The predicted octanol–water partition coefficient (Wildman–Crippen LogP) is 4.20. The van der Waals surface area contributed by atoms with Gasteiger partial charge < -0.3 is 10.4 Å². The Bertz CT molecular complexity index is 1240. The molecular formula is C25H26ClNO6S. The van der Waals surface area contributed by atoms with Gasteiger partial charge in [0.25, 0.3) is 0 Å². The third-order valence-corrected chi connectivity index (χ3v) is 7.10. The average Bonchev–Trinajstić information content (AvgIpc) is 2.81. The monoisotopic (exact) mass is 503 g/mol. The summed E-state index contributed by atoms with van der Waals surface area (Å²) in [5, 5.41) is 14.0. The van der Waals surface area contributed by atoms with Crippen molar-refractivity contribution in [3.05, 3.63) is 88.4 Å². The van der Waals surface area contributed by atoms with Crippen LogP contribution < -0.4 is 10.2 Å². The van der Waals surface area contributed by atoms with E-state index in [-0.39, 0.29) is 15.5 Å². The number of nitrogens with one attached hydrogen (secondary N) is 1. The SMILES string of the molecule is CC(=O)OOc1ccc(S(=O)(=O)c2ccc(CCNC[C@H](O)c3cccc(Cl)c3)cc2)cc1C. The van der Waals surface area contributed by atoms with Crippen LogP contribution in [0.3, 0.4) is 0 Å². The molecule has 0 radical (unpaired) electrons. The molecule has 0 unspecified atom stereocenters. The van der Waals surface area contributed by atoms with Crippen molar-refractivity contribution in [3.8, 4) is 5.75 Å². The van der Waals surface area contributed by atoms with E-state index in [0.29, 0.717) is 30.1 Å². The fourth-order valence-corrected chi connectivity index (χ4v) is 4.81. The largest absolute Gasteiger partial charge is 0.387 e. The van der Waals surface area contributed by atoms with Crippen molar-refractivity contribution in [1.29, 1.82) is 0 Å². The summed E-state index contributed by atoms with van der Waals surface area (Å²) in [6.45, 7) is 3.87. The highest BCUT2D eigenvalue weighted by Gasteiger charge is 2.19. The molecule has 7 nitrogen and oxygen atoms in total. The standard InChI is InChI=1S/C25H26ClNO6S/c1-17-14-23(10-11-25(17)33-32-18(2)28)34(30,31)22-8-6-19(7-9-22)12-13-27-16-24(29)20-4-3-5-21(26)15-20/h3-11,14-15,24,27,29H,12-13,16H2,1-2H3/t24-/m0/s1. The minimum atomic E-state index is -3.72. The van der Waals surface area contributed by atoms with Crippen LogP contribution in [0.1, 0.15) is 29.7 Å². The third-order valence-electron chi connectivity index (χ3n) is 5.10. The average molecular weight is 504 g/mol. The van der Waals surface area contributed by atoms with E-state index >= 15 is 0 Å². The van der Waals surface area contributed by atoms with Gasteiger partial charge in [0.1, 0.15) is 0 Å². The number of aliphatic hydroxyl groups is 1. The predicted molar refractivity (Wildman–Crippen MR) is 128 cm³/mol. The Morgan fingerprint density at radius 2 is 1.76 bits per heavy atom. The minimum Gasteiger partial charge on any atom is -0.387 e. The fourth-order valence-electron chi connectivity index (χ4n) is 3.26. The molecule has 2 N–H and O–H groups in total. The van der Waals surface area contributed by atoms with Crippen LogP contribution in [0, 0.1) is 6.92 Å². The van der Waals surface area contributed by atoms with Crippen LogP contribution in [0.25, 0.3) is 0 Å². The first-order chi connectivity index (χ1) is 16.2. The molecular weight excluding hydrogens is 478 g/mol. The van der Waals surface area contributed by atoms with Crippen molar-refractivity contribution in [2.75, 3.05) is 13.1 Å². The summed E-state index contributed by atoms with van der Waals surface area (Å²) in [6.07, 6.45) is 0.00431. The van der Waals surface area contributed by atoms with Crippen LogP contribution in [0.5, 0.6) is 5.75 Å². The smallest absolute Gasteiger partial charge is 0.352 e. The highest BCUT2D eigenvalue weighted by molar-refractivity contribution is 7.91. The molecule has 0 aliphatic rings. The molecule has 3 aromatic rings. The van der Waals surface area contributed by atoms with Gasteiger partial charge in [0.05, 0.1) is 15.9 Å². The van der Waals surface area contributed by atoms with E-state index in [2.05, 4.69) is 10.2 Å². The zero-order valence-electron chi connectivity index (χ0n) is 18.8. The summed E-state index contributed by atoms with van der Waals surface area (Å²) in [5.74, 6) is -0.346. The third kappa shape index (κ3) is 6.80. The zero-order valence-corrected chi connectivity index (χ0v) is 20.4. The van der Waals surface area contributed by atoms with Gasteiger partial charge in [0.15, 0.2) is 5.75 Å². The maximum Gasteiger partial charge on any atom is 0.352 e. The Labute approximate surface area is 204 Å². The van der Waals surface area contributed by atoms with E-state index in [0.717, 1.165) is 11.1 Å². The van der Waals surface area contributed by atoms with E-state index in [4.69, 9.17) is 16.5 Å². The second-order valence-corrected chi connectivity index (χ2v) is 10.1. The second kappa shape index (κ2) is 11.5. The minimum absolute atomic E-state index is 0.115. The van der Waals surface area contributed by atoms with Crippen LogP contribution in [0.4, 0.5) is 0 Å². The lowest BCUT2D eigenvalue weighted by Gasteiger charge is -2.13. The summed E-state index contributed by atoms with van der Waals surface area (Å²) >= 11 is 5.96. The highest BCUT2D eigenvalue weighted by atomic mass is 35.5. The number of hydrogen-bond acceptors (Lipinski definition) is 7. The molecule has 0 aliphatic carbocycles. The summed E-state index contributed by atoms with van der Waals surface area (Å²) in [4.78, 5) is 20.6. The number of sulfone groups is 1. The van der Waals surface area contributed by atoms with E-state index in [9.17, 15) is 18.3 Å². The number of halogens is 1. The summed E-state index contributed by atoms with van der Waals surface area (Å²) < 4.78 is 26.0. The summed E-state index contributed by atoms with van der Waals surface area (Å²) in [7, 11) is -3.72. The first-order valence-corrected chi connectivity index (χ1v) is 12.5. The molecule has 34 heavy (non-hydrogen) atoms. The summed E-state index contributed by atoms with van der Waals surface area (Å²) in [6, 6.07) is 18.1. The van der Waals surface area contributed by atoms with Gasteiger partial charge in [-0.3, -0.25) is 9.78 Å². The molecule has 0 spiro atoms. The van der Waals surface area contributed by atoms with Crippen molar-refractivity contribution in [1.82, 2.24) is 5.32 Å². The molecule has 0 saturated carbocycles. The lowest BCUT2D eigenvalue weighted by Crippen LogP contribution is -2.23. The number of hydrogen-bond donors (Lipinski definition) is 2. The normalized spacial score (nSPS) is 12.2. The lowest BCUT2D eigenvalue weighted by atomic mass is 10.1. The van der Waals surface area contributed by atoms with E-state index in [1.807, 2.05) is 6.07 Å². The van der Waals surface area contributed by atoms with Crippen molar-refractivity contribution in [2.45, 2.75) is 36.2 Å².